The van der Waals surface area contributed by atoms with Crippen molar-refractivity contribution in [2.75, 3.05) is 13.1 Å². The predicted octanol–water partition coefficient (Wildman–Crippen LogP) is 2.46. The number of likely N-dealkylation sites (tertiary alicyclic amines) is 1. The lowest BCUT2D eigenvalue weighted by Gasteiger charge is -2.33. The highest BCUT2D eigenvalue weighted by molar-refractivity contribution is 5.87. The van der Waals surface area contributed by atoms with E-state index in [1.165, 1.54) is 0 Å². The summed E-state index contributed by atoms with van der Waals surface area (Å²) >= 11 is 0. The Morgan fingerprint density at radius 1 is 1.32 bits per heavy atom. The molecule has 1 atom stereocenters. The maximum absolute atomic E-state index is 12.6. The first-order valence-electron chi connectivity index (χ1n) is 8.62. The van der Waals surface area contributed by atoms with Crippen molar-refractivity contribution < 1.29 is 14.7 Å². The van der Waals surface area contributed by atoms with Crippen LogP contribution in [0, 0.1) is 0 Å². The molecule has 6 heteroatoms. The van der Waals surface area contributed by atoms with Crippen LogP contribution in [0.2, 0.25) is 0 Å². The fraction of sp³-hybridized carbons (Fsp3) is 0.421. The molecule has 1 amide bonds. The summed E-state index contributed by atoms with van der Waals surface area (Å²) < 4.78 is 1.80. The summed E-state index contributed by atoms with van der Waals surface area (Å²) in [6, 6.07) is 9.01. The Morgan fingerprint density at radius 2 is 2.16 bits per heavy atom. The number of carbonyl (C=O) groups is 2. The zero-order valence-corrected chi connectivity index (χ0v) is 14.4. The molecule has 1 N–H and O–H groups in total. The van der Waals surface area contributed by atoms with Crippen molar-refractivity contribution in [1.29, 1.82) is 0 Å². The molecular formula is C19H23N3O3. The number of carboxylic acid groups (broad SMARTS) is 1. The molecule has 1 aromatic carbocycles. The number of amides is 1. The first kappa shape index (κ1) is 17.2. The summed E-state index contributed by atoms with van der Waals surface area (Å²) in [6.45, 7) is 1.44. The van der Waals surface area contributed by atoms with Crippen molar-refractivity contribution in [2.45, 2.75) is 31.6 Å². The van der Waals surface area contributed by atoms with Crippen molar-refractivity contribution in [2.24, 2.45) is 7.05 Å². The molecule has 3 rings (SSSR count). The summed E-state index contributed by atoms with van der Waals surface area (Å²) in [5.74, 6) is -0.559. The number of aryl methyl sites for hydroxylation is 2. The number of aromatic carboxylic acids is 1. The molecule has 0 bridgehead atoms. The zero-order valence-electron chi connectivity index (χ0n) is 14.4. The van der Waals surface area contributed by atoms with E-state index in [2.05, 4.69) is 5.10 Å². The number of hydrogen-bond acceptors (Lipinski definition) is 3. The number of piperidine rings is 1. The third-order valence-corrected chi connectivity index (χ3v) is 4.90. The van der Waals surface area contributed by atoms with Crippen LogP contribution in [-0.2, 0) is 18.3 Å². The van der Waals surface area contributed by atoms with E-state index < -0.39 is 5.97 Å². The predicted molar refractivity (Wildman–Crippen MR) is 93.5 cm³/mol. The Kier molecular flexibility index (Phi) is 5.16. The first-order valence-corrected chi connectivity index (χ1v) is 8.62. The molecule has 6 nitrogen and oxygen atoms in total. The molecule has 0 saturated carbocycles. The van der Waals surface area contributed by atoms with Gasteiger partial charge in [-0.25, -0.2) is 4.79 Å². The van der Waals surface area contributed by atoms with Crippen molar-refractivity contribution in [3.05, 3.63) is 53.3 Å². The van der Waals surface area contributed by atoms with Crippen LogP contribution in [0.1, 0.15) is 46.8 Å². The van der Waals surface area contributed by atoms with E-state index >= 15 is 0 Å². The molecule has 25 heavy (non-hydrogen) atoms. The van der Waals surface area contributed by atoms with Crippen molar-refractivity contribution in [1.82, 2.24) is 14.7 Å². The zero-order chi connectivity index (χ0) is 17.8. The van der Waals surface area contributed by atoms with Crippen LogP contribution < -0.4 is 0 Å². The SMILES string of the molecule is Cn1nccc1CCC(=O)N1CCC[C@H](c2cccc(C(=O)O)c2)C1. The summed E-state index contributed by atoms with van der Waals surface area (Å²) in [5.41, 5.74) is 2.36. The van der Waals surface area contributed by atoms with Gasteiger partial charge >= 0.3 is 5.97 Å². The topological polar surface area (TPSA) is 75.4 Å². The van der Waals surface area contributed by atoms with Crippen LogP contribution in [0.3, 0.4) is 0 Å². The van der Waals surface area contributed by atoms with Gasteiger partial charge in [-0.3, -0.25) is 9.48 Å². The fourth-order valence-corrected chi connectivity index (χ4v) is 3.44. The van der Waals surface area contributed by atoms with E-state index in [9.17, 15) is 9.59 Å². The Morgan fingerprint density at radius 3 is 2.88 bits per heavy atom. The average Bonchev–Trinajstić information content (AvgIpc) is 3.05. The van der Waals surface area contributed by atoms with E-state index in [4.69, 9.17) is 5.11 Å². The van der Waals surface area contributed by atoms with Gasteiger partial charge in [0, 0.05) is 44.4 Å². The lowest BCUT2D eigenvalue weighted by molar-refractivity contribution is -0.132. The highest BCUT2D eigenvalue weighted by atomic mass is 16.4. The number of nitrogens with zero attached hydrogens (tertiary/aromatic N) is 3. The molecule has 0 radical (unpaired) electrons. The Bertz CT molecular complexity index is 769. The Balaban J connectivity index is 1.62. The lowest BCUT2D eigenvalue weighted by atomic mass is 9.89. The Hall–Kier alpha value is -2.63. The highest BCUT2D eigenvalue weighted by Gasteiger charge is 2.25. The van der Waals surface area contributed by atoms with Gasteiger partial charge in [-0.15, -0.1) is 0 Å². The molecule has 132 valence electrons. The average molecular weight is 341 g/mol. The smallest absolute Gasteiger partial charge is 0.335 e. The summed E-state index contributed by atoms with van der Waals surface area (Å²) in [4.78, 5) is 25.6. The first-order chi connectivity index (χ1) is 12.0. The van der Waals surface area contributed by atoms with Crippen LogP contribution in [0.4, 0.5) is 0 Å². The molecule has 2 heterocycles. The van der Waals surface area contributed by atoms with Gasteiger partial charge in [-0.2, -0.15) is 5.10 Å². The van der Waals surface area contributed by atoms with Gasteiger partial charge in [0.2, 0.25) is 5.91 Å². The van der Waals surface area contributed by atoms with E-state index in [-0.39, 0.29) is 11.8 Å². The number of rotatable bonds is 5. The van der Waals surface area contributed by atoms with Crippen LogP contribution in [0.15, 0.2) is 36.5 Å². The molecular weight excluding hydrogens is 318 g/mol. The molecule has 2 aromatic rings. The van der Waals surface area contributed by atoms with Crippen LogP contribution in [0.25, 0.3) is 0 Å². The second kappa shape index (κ2) is 7.51. The van der Waals surface area contributed by atoms with Gasteiger partial charge in [0.25, 0.3) is 0 Å². The number of benzene rings is 1. The van der Waals surface area contributed by atoms with Crippen molar-refractivity contribution >= 4 is 11.9 Å². The monoisotopic (exact) mass is 341 g/mol. The third kappa shape index (κ3) is 4.07. The van der Waals surface area contributed by atoms with E-state index in [1.54, 1.807) is 29.1 Å². The highest BCUT2D eigenvalue weighted by Crippen LogP contribution is 2.28. The second-order valence-electron chi connectivity index (χ2n) is 6.56. The Labute approximate surface area is 147 Å². The third-order valence-electron chi connectivity index (χ3n) is 4.90. The molecule has 1 saturated heterocycles. The largest absolute Gasteiger partial charge is 0.478 e. The molecule has 1 fully saturated rings. The maximum atomic E-state index is 12.6. The van der Waals surface area contributed by atoms with Gasteiger partial charge in [0.05, 0.1) is 5.56 Å². The minimum atomic E-state index is -0.915. The van der Waals surface area contributed by atoms with Crippen LogP contribution in [0.5, 0.6) is 0 Å². The van der Waals surface area contributed by atoms with Crippen molar-refractivity contribution in [3.63, 3.8) is 0 Å². The molecule has 0 aliphatic carbocycles. The number of carboxylic acids is 1. The van der Waals surface area contributed by atoms with E-state index in [0.29, 0.717) is 24.9 Å². The molecule has 1 aliphatic rings. The number of aromatic nitrogens is 2. The number of hydrogen-bond donors (Lipinski definition) is 1. The van der Waals surface area contributed by atoms with Crippen LogP contribution in [-0.4, -0.2) is 44.8 Å². The van der Waals surface area contributed by atoms with Crippen molar-refractivity contribution in [3.8, 4) is 0 Å². The molecule has 1 aromatic heterocycles. The van der Waals surface area contributed by atoms with Gasteiger partial charge in [0.1, 0.15) is 0 Å². The molecule has 1 aliphatic heterocycles. The molecule has 0 unspecified atom stereocenters. The maximum Gasteiger partial charge on any atom is 0.335 e. The fourth-order valence-electron chi connectivity index (χ4n) is 3.44. The van der Waals surface area contributed by atoms with Gasteiger partial charge in [-0.05, 0) is 43.0 Å². The van der Waals surface area contributed by atoms with Crippen LogP contribution >= 0.6 is 0 Å². The van der Waals surface area contributed by atoms with E-state index in [1.807, 2.05) is 24.1 Å². The minimum absolute atomic E-state index is 0.153. The van der Waals surface area contributed by atoms with Gasteiger partial charge < -0.3 is 10.0 Å². The van der Waals surface area contributed by atoms with Gasteiger partial charge in [0.15, 0.2) is 0 Å². The number of carbonyl (C=O) groups excluding carboxylic acids is 1. The standard InChI is InChI=1S/C19H23N3O3/c1-21-17(9-10-20-21)7-8-18(23)22-11-3-6-16(13-22)14-4-2-5-15(12-14)19(24)25/h2,4-5,9-10,12,16H,3,6-8,11,13H2,1H3,(H,24,25)/t16-/m0/s1. The van der Waals surface area contributed by atoms with Gasteiger partial charge in [-0.1, -0.05) is 12.1 Å². The quantitative estimate of drug-likeness (QED) is 0.906. The lowest BCUT2D eigenvalue weighted by Crippen LogP contribution is -2.39. The van der Waals surface area contributed by atoms with E-state index in [0.717, 1.165) is 30.6 Å². The minimum Gasteiger partial charge on any atom is -0.478 e. The second-order valence-corrected chi connectivity index (χ2v) is 6.56. The molecule has 0 spiro atoms. The summed E-state index contributed by atoms with van der Waals surface area (Å²) in [7, 11) is 1.88. The normalized spacial score (nSPS) is 17.5. The summed E-state index contributed by atoms with van der Waals surface area (Å²) in [5, 5.41) is 13.3. The summed E-state index contributed by atoms with van der Waals surface area (Å²) in [6.07, 6.45) is 4.83.